The van der Waals surface area contributed by atoms with E-state index in [1.807, 2.05) is 18.3 Å². The van der Waals surface area contributed by atoms with Crippen LogP contribution in [0.3, 0.4) is 0 Å². The predicted octanol–water partition coefficient (Wildman–Crippen LogP) is 6.40. The summed E-state index contributed by atoms with van der Waals surface area (Å²) >= 11 is 0. The van der Waals surface area contributed by atoms with Crippen molar-refractivity contribution < 1.29 is 4.42 Å². The monoisotopic (exact) mass is 379 g/mol. The second kappa shape index (κ2) is 6.52. The van der Waals surface area contributed by atoms with Gasteiger partial charge in [-0.05, 0) is 46.0 Å². The molecule has 2 aromatic carbocycles. The number of furan rings is 1. The SMILES string of the molecule is CC(C)(C)c1cc(-c2cc(-c3cncc4occc34)ncn2)cc2ccccc12. The van der Waals surface area contributed by atoms with Gasteiger partial charge in [0.25, 0.3) is 0 Å². The van der Waals surface area contributed by atoms with Crippen molar-refractivity contribution in [2.75, 3.05) is 0 Å². The highest BCUT2D eigenvalue weighted by Gasteiger charge is 2.19. The molecule has 0 unspecified atom stereocenters. The van der Waals surface area contributed by atoms with E-state index in [1.165, 1.54) is 16.3 Å². The van der Waals surface area contributed by atoms with E-state index < -0.39 is 0 Å². The molecule has 0 fully saturated rings. The minimum absolute atomic E-state index is 0.0256. The Labute approximate surface area is 169 Å². The van der Waals surface area contributed by atoms with Gasteiger partial charge >= 0.3 is 0 Å². The number of fused-ring (bicyclic) bond motifs is 2. The Morgan fingerprint density at radius 3 is 2.52 bits per heavy atom. The average Bonchev–Trinajstić information content (AvgIpc) is 3.21. The summed E-state index contributed by atoms with van der Waals surface area (Å²) in [6.45, 7) is 6.74. The zero-order valence-corrected chi connectivity index (χ0v) is 16.7. The molecule has 29 heavy (non-hydrogen) atoms. The molecule has 5 rings (SSSR count). The van der Waals surface area contributed by atoms with Gasteiger partial charge in [0.1, 0.15) is 6.33 Å². The van der Waals surface area contributed by atoms with E-state index in [-0.39, 0.29) is 5.41 Å². The molecule has 0 aliphatic carbocycles. The lowest BCUT2D eigenvalue weighted by Gasteiger charge is -2.22. The number of hydrogen-bond acceptors (Lipinski definition) is 4. The number of benzene rings is 2. The molecule has 0 saturated heterocycles. The molecule has 0 N–H and O–H groups in total. The van der Waals surface area contributed by atoms with E-state index in [1.54, 1.807) is 18.8 Å². The molecule has 0 spiro atoms. The molecule has 0 bridgehead atoms. The van der Waals surface area contributed by atoms with Crippen molar-refractivity contribution in [2.24, 2.45) is 0 Å². The van der Waals surface area contributed by atoms with E-state index in [9.17, 15) is 0 Å². The Morgan fingerprint density at radius 2 is 1.66 bits per heavy atom. The standard InChI is InChI=1S/C25H21N3O/c1-25(2,3)21-11-17(10-16-6-4-5-7-18(16)21)22-12-23(28-15-27-22)20-13-26-14-24-19(20)8-9-29-24/h4-15H,1-3H3. The predicted molar refractivity (Wildman–Crippen MR) is 117 cm³/mol. The Bertz CT molecular complexity index is 1350. The summed E-state index contributed by atoms with van der Waals surface area (Å²) < 4.78 is 5.49. The van der Waals surface area contributed by atoms with Crippen LogP contribution in [0.5, 0.6) is 0 Å². The molecule has 5 aromatic rings. The Hall–Kier alpha value is -3.53. The van der Waals surface area contributed by atoms with E-state index in [2.05, 4.69) is 72.1 Å². The maximum absolute atomic E-state index is 5.49. The Morgan fingerprint density at radius 1 is 0.828 bits per heavy atom. The molecular formula is C25H21N3O. The van der Waals surface area contributed by atoms with Crippen molar-refractivity contribution in [2.45, 2.75) is 26.2 Å². The number of nitrogens with zero attached hydrogens (tertiary/aromatic N) is 3. The second-order valence-corrected chi connectivity index (χ2v) is 8.30. The van der Waals surface area contributed by atoms with E-state index in [0.717, 1.165) is 33.5 Å². The molecule has 3 aromatic heterocycles. The molecule has 3 heterocycles. The van der Waals surface area contributed by atoms with Gasteiger partial charge in [-0.15, -0.1) is 0 Å². The fourth-order valence-electron chi connectivity index (χ4n) is 3.84. The van der Waals surface area contributed by atoms with Crippen molar-refractivity contribution in [3.8, 4) is 22.5 Å². The zero-order chi connectivity index (χ0) is 20.0. The fraction of sp³-hybridized carbons (Fsp3) is 0.160. The maximum atomic E-state index is 5.49. The van der Waals surface area contributed by atoms with Gasteiger partial charge in [0, 0.05) is 22.7 Å². The van der Waals surface area contributed by atoms with Crippen molar-refractivity contribution >= 4 is 21.7 Å². The topological polar surface area (TPSA) is 51.8 Å². The van der Waals surface area contributed by atoms with Crippen LogP contribution < -0.4 is 0 Å². The molecule has 0 atom stereocenters. The third-order valence-corrected chi connectivity index (χ3v) is 5.29. The normalized spacial score (nSPS) is 12.0. The number of rotatable bonds is 2. The highest BCUT2D eigenvalue weighted by Crippen LogP contribution is 2.35. The summed E-state index contributed by atoms with van der Waals surface area (Å²) in [5.41, 5.74) is 5.85. The largest absolute Gasteiger partial charge is 0.463 e. The number of hydrogen-bond donors (Lipinski definition) is 0. The van der Waals surface area contributed by atoms with Crippen LogP contribution in [0.15, 0.2) is 77.9 Å². The summed E-state index contributed by atoms with van der Waals surface area (Å²) in [5, 5.41) is 3.50. The fourth-order valence-corrected chi connectivity index (χ4v) is 3.84. The first-order valence-electron chi connectivity index (χ1n) is 9.68. The van der Waals surface area contributed by atoms with Gasteiger partial charge in [0.15, 0.2) is 5.58 Å². The first-order valence-corrected chi connectivity index (χ1v) is 9.68. The maximum Gasteiger partial charge on any atom is 0.152 e. The highest BCUT2D eigenvalue weighted by molar-refractivity contribution is 5.93. The van der Waals surface area contributed by atoms with Crippen molar-refractivity contribution in [3.63, 3.8) is 0 Å². The molecule has 0 radical (unpaired) electrons. The first kappa shape index (κ1) is 17.6. The molecular weight excluding hydrogens is 358 g/mol. The first-order chi connectivity index (χ1) is 14.0. The molecule has 0 aliphatic heterocycles. The van der Waals surface area contributed by atoms with Gasteiger partial charge in [-0.2, -0.15) is 0 Å². The number of aromatic nitrogens is 3. The summed E-state index contributed by atoms with van der Waals surface area (Å²) in [6.07, 6.45) is 6.84. The van der Waals surface area contributed by atoms with Crippen LogP contribution in [0.1, 0.15) is 26.3 Å². The molecule has 0 saturated carbocycles. The van der Waals surface area contributed by atoms with Gasteiger partial charge < -0.3 is 4.42 Å². The molecule has 0 amide bonds. The van der Waals surface area contributed by atoms with Crippen molar-refractivity contribution in [1.82, 2.24) is 15.0 Å². The van der Waals surface area contributed by atoms with E-state index in [0.29, 0.717) is 0 Å². The summed E-state index contributed by atoms with van der Waals surface area (Å²) in [4.78, 5) is 13.4. The van der Waals surface area contributed by atoms with Crippen molar-refractivity contribution in [3.05, 3.63) is 79.1 Å². The summed E-state index contributed by atoms with van der Waals surface area (Å²) in [5.74, 6) is 0. The van der Waals surface area contributed by atoms with Gasteiger partial charge in [0.2, 0.25) is 0 Å². The average molecular weight is 379 g/mol. The summed E-state index contributed by atoms with van der Waals surface area (Å²) in [6, 6.07) is 17.0. The summed E-state index contributed by atoms with van der Waals surface area (Å²) in [7, 11) is 0. The third-order valence-electron chi connectivity index (χ3n) is 5.29. The third kappa shape index (κ3) is 3.07. The van der Waals surface area contributed by atoms with Crippen LogP contribution in [-0.2, 0) is 5.41 Å². The Balaban J connectivity index is 1.70. The lowest BCUT2D eigenvalue weighted by Crippen LogP contribution is -2.12. The lowest BCUT2D eigenvalue weighted by molar-refractivity contribution is 0.596. The van der Waals surface area contributed by atoms with Crippen LogP contribution in [0.4, 0.5) is 0 Å². The van der Waals surface area contributed by atoms with Crippen LogP contribution >= 0.6 is 0 Å². The van der Waals surface area contributed by atoms with E-state index >= 15 is 0 Å². The van der Waals surface area contributed by atoms with Crippen molar-refractivity contribution in [1.29, 1.82) is 0 Å². The van der Waals surface area contributed by atoms with Crippen LogP contribution in [0.25, 0.3) is 44.3 Å². The minimum atomic E-state index is 0.0256. The van der Waals surface area contributed by atoms with Crippen LogP contribution in [0, 0.1) is 0 Å². The van der Waals surface area contributed by atoms with Crippen LogP contribution in [-0.4, -0.2) is 15.0 Å². The zero-order valence-electron chi connectivity index (χ0n) is 16.7. The van der Waals surface area contributed by atoms with E-state index in [4.69, 9.17) is 4.42 Å². The van der Waals surface area contributed by atoms with Gasteiger partial charge in [-0.3, -0.25) is 4.98 Å². The van der Waals surface area contributed by atoms with Gasteiger partial charge in [0.05, 0.1) is 23.8 Å². The molecule has 4 nitrogen and oxygen atoms in total. The molecule has 0 aliphatic rings. The second-order valence-electron chi connectivity index (χ2n) is 8.30. The van der Waals surface area contributed by atoms with Gasteiger partial charge in [-0.1, -0.05) is 45.0 Å². The lowest BCUT2D eigenvalue weighted by atomic mass is 9.82. The smallest absolute Gasteiger partial charge is 0.152 e. The number of pyridine rings is 1. The van der Waals surface area contributed by atoms with Crippen LogP contribution in [0.2, 0.25) is 0 Å². The Kier molecular flexibility index (Phi) is 3.95. The highest BCUT2D eigenvalue weighted by atomic mass is 16.3. The quantitative estimate of drug-likeness (QED) is 0.356. The molecule has 142 valence electrons. The van der Waals surface area contributed by atoms with Gasteiger partial charge in [-0.25, -0.2) is 9.97 Å². The molecule has 4 heteroatoms. The minimum Gasteiger partial charge on any atom is -0.463 e.